The lowest BCUT2D eigenvalue weighted by atomic mass is 9.90. The van der Waals surface area contributed by atoms with E-state index in [0.717, 1.165) is 18.9 Å². The Morgan fingerprint density at radius 3 is 2.40 bits per heavy atom. The van der Waals surface area contributed by atoms with Gasteiger partial charge < -0.3 is 5.32 Å². The first-order valence-corrected chi connectivity index (χ1v) is 6.22. The maximum atomic E-state index is 11.6. The lowest BCUT2D eigenvalue weighted by molar-refractivity contribution is -0.124. The molecule has 2 aliphatic carbocycles. The Labute approximate surface area is 92.8 Å². The van der Waals surface area contributed by atoms with Crippen LogP contribution in [0.25, 0.3) is 0 Å². The second kappa shape index (κ2) is 3.50. The number of carbonyl (C=O) groups is 1. The first kappa shape index (κ1) is 11.0. The molecule has 0 aromatic heterocycles. The monoisotopic (exact) mass is 209 g/mol. The molecule has 2 fully saturated rings. The van der Waals surface area contributed by atoms with Crippen LogP contribution in [-0.2, 0) is 4.79 Å². The fourth-order valence-corrected chi connectivity index (χ4v) is 2.23. The minimum atomic E-state index is 0.157. The average molecular weight is 209 g/mol. The number of hydrogen-bond donors (Lipinski definition) is 1. The van der Waals surface area contributed by atoms with Gasteiger partial charge in [-0.3, -0.25) is 4.79 Å². The minimum Gasteiger partial charge on any atom is -0.356 e. The quantitative estimate of drug-likeness (QED) is 0.693. The van der Waals surface area contributed by atoms with E-state index in [-0.39, 0.29) is 5.41 Å². The Morgan fingerprint density at radius 1 is 1.33 bits per heavy atom. The smallest absolute Gasteiger partial charge is 0.226 e. The standard InChI is InChI=1S/C13H23NO/c1-12(2,3)6-4-5-7-14-11(15)13-8-10(13)9-13/h10H,4-9H2,1-3H3,(H,14,15). The molecule has 0 unspecified atom stereocenters. The van der Waals surface area contributed by atoms with Crippen molar-refractivity contribution in [2.75, 3.05) is 6.54 Å². The lowest BCUT2D eigenvalue weighted by Gasteiger charge is -2.17. The highest BCUT2D eigenvalue weighted by molar-refractivity contribution is 5.89. The molecule has 2 heteroatoms. The minimum absolute atomic E-state index is 0.157. The molecule has 0 atom stereocenters. The van der Waals surface area contributed by atoms with Crippen molar-refractivity contribution in [3.63, 3.8) is 0 Å². The highest BCUT2D eigenvalue weighted by atomic mass is 16.2. The van der Waals surface area contributed by atoms with Crippen LogP contribution in [0.3, 0.4) is 0 Å². The van der Waals surface area contributed by atoms with Gasteiger partial charge in [-0.25, -0.2) is 0 Å². The number of amides is 1. The molecule has 0 bridgehead atoms. The molecule has 0 aromatic rings. The van der Waals surface area contributed by atoms with Crippen LogP contribution in [0.1, 0.15) is 52.9 Å². The van der Waals surface area contributed by atoms with Crippen LogP contribution in [0.2, 0.25) is 0 Å². The molecule has 15 heavy (non-hydrogen) atoms. The normalized spacial score (nSPS) is 32.1. The Balaban J connectivity index is 1.50. The summed E-state index contributed by atoms with van der Waals surface area (Å²) in [7, 11) is 0. The summed E-state index contributed by atoms with van der Waals surface area (Å²) in [5.74, 6) is 1.11. The van der Waals surface area contributed by atoms with Crippen LogP contribution in [-0.4, -0.2) is 12.5 Å². The van der Waals surface area contributed by atoms with Gasteiger partial charge >= 0.3 is 0 Å². The van der Waals surface area contributed by atoms with Gasteiger partial charge in [-0.1, -0.05) is 27.2 Å². The number of rotatable bonds is 5. The summed E-state index contributed by atoms with van der Waals surface area (Å²) in [4.78, 5) is 11.6. The third-order valence-electron chi connectivity index (χ3n) is 3.77. The molecule has 0 aromatic carbocycles. The van der Waals surface area contributed by atoms with E-state index in [0.29, 0.717) is 11.3 Å². The fourth-order valence-electron chi connectivity index (χ4n) is 2.23. The van der Waals surface area contributed by atoms with Gasteiger partial charge in [0.25, 0.3) is 0 Å². The van der Waals surface area contributed by atoms with Gasteiger partial charge in [0.05, 0.1) is 5.41 Å². The predicted molar refractivity (Wildman–Crippen MR) is 61.5 cm³/mol. The van der Waals surface area contributed by atoms with Crippen LogP contribution < -0.4 is 5.32 Å². The Kier molecular flexibility index (Phi) is 2.56. The number of unbranched alkanes of at least 4 members (excludes halogenated alkanes) is 1. The maximum Gasteiger partial charge on any atom is 0.226 e. The molecule has 2 rings (SSSR count). The van der Waals surface area contributed by atoms with Crippen LogP contribution in [0.15, 0.2) is 0 Å². The largest absolute Gasteiger partial charge is 0.356 e. The topological polar surface area (TPSA) is 29.1 Å². The molecule has 0 heterocycles. The number of fused-ring (bicyclic) bond motifs is 1. The first-order valence-electron chi connectivity index (χ1n) is 6.22. The first-order chi connectivity index (χ1) is 6.94. The molecule has 0 aliphatic heterocycles. The summed E-state index contributed by atoms with van der Waals surface area (Å²) < 4.78 is 0. The summed E-state index contributed by atoms with van der Waals surface area (Å²) in [6.07, 6.45) is 5.93. The van der Waals surface area contributed by atoms with Crippen molar-refractivity contribution in [2.24, 2.45) is 16.7 Å². The van der Waals surface area contributed by atoms with Crippen LogP contribution in [0.5, 0.6) is 0 Å². The summed E-state index contributed by atoms with van der Waals surface area (Å²) >= 11 is 0. The van der Waals surface area contributed by atoms with Crippen LogP contribution >= 0.6 is 0 Å². The van der Waals surface area contributed by atoms with E-state index in [1.807, 2.05) is 0 Å². The molecular formula is C13H23NO. The van der Waals surface area contributed by atoms with Crippen molar-refractivity contribution < 1.29 is 4.79 Å². The zero-order valence-electron chi connectivity index (χ0n) is 10.2. The van der Waals surface area contributed by atoms with E-state index >= 15 is 0 Å². The molecule has 1 amide bonds. The lowest BCUT2D eigenvalue weighted by Crippen LogP contribution is -2.28. The molecule has 0 radical (unpaired) electrons. The molecule has 1 N–H and O–H groups in total. The van der Waals surface area contributed by atoms with Gasteiger partial charge in [0.2, 0.25) is 5.91 Å². The van der Waals surface area contributed by atoms with Gasteiger partial charge in [0.15, 0.2) is 0 Å². The molecule has 2 saturated carbocycles. The number of carbonyl (C=O) groups excluding carboxylic acids is 1. The van der Waals surface area contributed by atoms with Gasteiger partial charge in [-0.2, -0.15) is 0 Å². The van der Waals surface area contributed by atoms with Crippen LogP contribution in [0.4, 0.5) is 0 Å². The Hall–Kier alpha value is -0.530. The van der Waals surface area contributed by atoms with Crippen molar-refractivity contribution in [3.8, 4) is 0 Å². The van der Waals surface area contributed by atoms with Gasteiger partial charge in [-0.05, 0) is 37.0 Å². The van der Waals surface area contributed by atoms with Gasteiger partial charge in [0.1, 0.15) is 0 Å². The van der Waals surface area contributed by atoms with Crippen molar-refractivity contribution >= 4 is 5.91 Å². The number of nitrogens with one attached hydrogen (secondary N) is 1. The number of hydrogen-bond acceptors (Lipinski definition) is 1. The van der Waals surface area contributed by atoms with E-state index in [2.05, 4.69) is 26.1 Å². The predicted octanol–water partition coefficient (Wildman–Crippen LogP) is 2.73. The Bertz CT molecular complexity index is 258. The summed E-state index contributed by atoms with van der Waals surface area (Å²) in [6.45, 7) is 7.68. The summed E-state index contributed by atoms with van der Waals surface area (Å²) in [6, 6.07) is 0. The van der Waals surface area contributed by atoms with Crippen LogP contribution in [0, 0.1) is 16.7 Å². The van der Waals surface area contributed by atoms with E-state index in [9.17, 15) is 4.79 Å². The van der Waals surface area contributed by atoms with Gasteiger partial charge in [0, 0.05) is 6.54 Å². The van der Waals surface area contributed by atoms with Crippen molar-refractivity contribution in [3.05, 3.63) is 0 Å². The van der Waals surface area contributed by atoms with E-state index in [1.54, 1.807) is 0 Å². The molecule has 0 saturated heterocycles. The maximum absolute atomic E-state index is 11.6. The van der Waals surface area contributed by atoms with E-state index < -0.39 is 0 Å². The van der Waals surface area contributed by atoms with Gasteiger partial charge in [-0.15, -0.1) is 0 Å². The summed E-state index contributed by atoms with van der Waals surface area (Å²) in [5, 5.41) is 3.07. The highest BCUT2D eigenvalue weighted by Gasteiger charge is 2.74. The zero-order valence-corrected chi connectivity index (χ0v) is 10.2. The second-order valence-corrected chi connectivity index (χ2v) is 6.53. The average Bonchev–Trinajstić information content (AvgIpc) is 2.86. The Morgan fingerprint density at radius 2 is 1.93 bits per heavy atom. The van der Waals surface area contributed by atoms with E-state index in [1.165, 1.54) is 25.7 Å². The molecule has 2 aliphatic rings. The molecule has 2 nitrogen and oxygen atoms in total. The van der Waals surface area contributed by atoms with Crippen molar-refractivity contribution in [1.82, 2.24) is 5.32 Å². The zero-order chi connectivity index (χ0) is 11.1. The third-order valence-corrected chi connectivity index (χ3v) is 3.77. The second-order valence-electron chi connectivity index (χ2n) is 6.53. The van der Waals surface area contributed by atoms with Crippen molar-refractivity contribution in [1.29, 1.82) is 0 Å². The summed E-state index contributed by atoms with van der Waals surface area (Å²) in [5.41, 5.74) is 0.588. The SMILES string of the molecule is CC(C)(C)CCCCNC(=O)C12CC1C2. The fraction of sp³-hybridized carbons (Fsp3) is 0.923. The molecular weight excluding hydrogens is 186 g/mol. The third kappa shape index (κ3) is 2.53. The van der Waals surface area contributed by atoms with Crippen molar-refractivity contribution in [2.45, 2.75) is 52.9 Å². The highest BCUT2D eigenvalue weighted by Crippen LogP contribution is 2.75. The molecule has 86 valence electrons. The molecule has 0 spiro atoms. The van der Waals surface area contributed by atoms with E-state index in [4.69, 9.17) is 0 Å².